The molecule has 0 bridgehead atoms. The second kappa shape index (κ2) is 7.66. The van der Waals surface area contributed by atoms with Crippen LogP contribution in [0, 0.1) is 0 Å². The van der Waals surface area contributed by atoms with E-state index >= 15 is 0 Å². The third-order valence-electron chi connectivity index (χ3n) is 6.07. The zero-order valence-corrected chi connectivity index (χ0v) is 19.8. The summed E-state index contributed by atoms with van der Waals surface area (Å²) in [4.78, 5) is 37.4. The quantitative estimate of drug-likeness (QED) is 0.250. The van der Waals surface area contributed by atoms with Crippen molar-refractivity contribution in [3.8, 4) is 21.1 Å². The van der Waals surface area contributed by atoms with Gasteiger partial charge in [0.1, 0.15) is 10.0 Å². The van der Waals surface area contributed by atoms with Crippen LogP contribution in [0.1, 0.15) is 20.7 Å². The molecule has 166 valence electrons. The zero-order valence-electron chi connectivity index (χ0n) is 18.1. The van der Waals surface area contributed by atoms with Gasteiger partial charge in [-0.05, 0) is 48.5 Å². The number of para-hydroxylation sites is 2. The van der Waals surface area contributed by atoms with E-state index in [9.17, 15) is 9.59 Å². The molecule has 0 saturated carbocycles. The van der Waals surface area contributed by atoms with Crippen LogP contribution in [0.3, 0.4) is 0 Å². The van der Waals surface area contributed by atoms with Crippen molar-refractivity contribution in [2.24, 2.45) is 0 Å². The summed E-state index contributed by atoms with van der Waals surface area (Å²) in [6.07, 6.45) is 0. The fraction of sp³-hybridized carbons (Fsp3) is 0. The molecule has 0 N–H and O–H groups in total. The van der Waals surface area contributed by atoms with Gasteiger partial charge in [0.15, 0.2) is 0 Å². The number of hydrogen-bond acceptors (Lipinski definition) is 6. The predicted molar refractivity (Wildman–Crippen MR) is 141 cm³/mol. The summed E-state index contributed by atoms with van der Waals surface area (Å²) in [6, 6.07) is 28.7. The molecule has 5 nitrogen and oxygen atoms in total. The lowest BCUT2D eigenvalue weighted by molar-refractivity contribution is 0.0926. The van der Waals surface area contributed by atoms with Crippen LogP contribution in [-0.2, 0) is 0 Å². The highest BCUT2D eigenvalue weighted by molar-refractivity contribution is 7.22. The van der Waals surface area contributed by atoms with Gasteiger partial charge in [-0.15, -0.1) is 22.7 Å². The number of fused-ring (bicyclic) bond motifs is 3. The number of anilines is 1. The van der Waals surface area contributed by atoms with Crippen molar-refractivity contribution in [1.29, 1.82) is 0 Å². The largest absolute Gasteiger partial charge is 0.268 e. The topological polar surface area (TPSA) is 63.2 Å². The van der Waals surface area contributed by atoms with Crippen LogP contribution in [0.25, 0.3) is 41.6 Å². The highest BCUT2D eigenvalue weighted by atomic mass is 32.1. The molecule has 1 aliphatic rings. The second-order valence-electron chi connectivity index (χ2n) is 8.23. The molecule has 7 heteroatoms. The molecule has 0 fully saturated rings. The number of thiazole rings is 2. The highest BCUT2D eigenvalue weighted by Crippen LogP contribution is 2.37. The summed E-state index contributed by atoms with van der Waals surface area (Å²) in [6.45, 7) is 0. The number of aromatic nitrogens is 2. The van der Waals surface area contributed by atoms with Gasteiger partial charge in [-0.2, -0.15) is 0 Å². The smallest absolute Gasteiger partial charge is 0.266 e. The first-order valence-electron chi connectivity index (χ1n) is 11.0. The van der Waals surface area contributed by atoms with Gasteiger partial charge in [0, 0.05) is 11.1 Å². The number of carbonyl (C=O) groups is 2. The van der Waals surface area contributed by atoms with Crippen LogP contribution >= 0.6 is 22.7 Å². The molecule has 0 spiro atoms. The predicted octanol–water partition coefficient (Wildman–Crippen LogP) is 7.04. The molecule has 0 aliphatic carbocycles. The van der Waals surface area contributed by atoms with Gasteiger partial charge >= 0.3 is 0 Å². The van der Waals surface area contributed by atoms with Crippen molar-refractivity contribution >= 4 is 60.6 Å². The normalized spacial score (nSPS) is 13.2. The molecule has 0 saturated heterocycles. The molecule has 6 aromatic rings. The number of rotatable bonds is 3. The molecule has 0 radical (unpaired) electrons. The molecule has 0 atom stereocenters. The summed E-state index contributed by atoms with van der Waals surface area (Å²) in [5.74, 6) is -0.642. The molecule has 4 aromatic carbocycles. The van der Waals surface area contributed by atoms with E-state index in [4.69, 9.17) is 9.97 Å². The molecule has 7 rings (SSSR count). The summed E-state index contributed by atoms with van der Waals surface area (Å²) in [7, 11) is 0. The minimum absolute atomic E-state index is 0.317. The van der Waals surface area contributed by atoms with Gasteiger partial charge in [-0.3, -0.25) is 9.59 Å². The SMILES string of the molecule is O=C1c2ccc(-c3nc4ccccc4s3)cc2C(=O)N1c1cccc(-c2nc3ccccc3s2)c1. The summed E-state index contributed by atoms with van der Waals surface area (Å²) in [5.41, 5.74) is 4.90. The number of hydrogen-bond donors (Lipinski definition) is 0. The first-order chi connectivity index (χ1) is 17.2. The lowest BCUT2D eigenvalue weighted by Crippen LogP contribution is -2.29. The molecule has 0 unspecified atom stereocenters. The van der Waals surface area contributed by atoms with Gasteiger partial charge in [0.05, 0.1) is 37.2 Å². The molecular weight excluding hydrogens is 474 g/mol. The van der Waals surface area contributed by atoms with E-state index in [1.54, 1.807) is 40.9 Å². The maximum atomic E-state index is 13.4. The second-order valence-corrected chi connectivity index (χ2v) is 10.3. The lowest BCUT2D eigenvalue weighted by atomic mass is 10.1. The number of nitrogens with zero attached hydrogens (tertiary/aromatic N) is 3. The number of amides is 2. The van der Waals surface area contributed by atoms with Crippen molar-refractivity contribution in [3.05, 3.63) is 102 Å². The number of benzene rings is 4. The molecule has 2 aromatic heterocycles. The third-order valence-corrected chi connectivity index (χ3v) is 8.24. The Kier molecular flexibility index (Phi) is 4.42. The van der Waals surface area contributed by atoms with Crippen molar-refractivity contribution < 1.29 is 9.59 Å². The van der Waals surface area contributed by atoms with Crippen LogP contribution < -0.4 is 4.90 Å². The van der Waals surface area contributed by atoms with E-state index in [2.05, 4.69) is 0 Å². The van der Waals surface area contributed by atoms with Crippen LogP contribution in [0.4, 0.5) is 5.69 Å². The molecule has 3 heterocycles. The van der Waals surface area contributed by atoms with Crippen molar-refractivity contribution in [3.63, 3.8) is 0 Å². The Morgan fingerprint density at radius 3 is 1.83 bits per heavy atom. The Hall–Kier alpha value is -4.20. The number of imide groups is 1. The van der Waals surface area contributed by atoms with E-state index in [1.807, 2.05) is 72.8 Å². The van der Waals surface area contributed by atoms with E-state index in [0.29, 0.717) is 16.8 Å². The Balaban J connectivity index is 1.26. The average Bonchev–Trinajstić information content (AvgIpc) is 3.58. The fourth-order valence-electron chi connectivity index (χ4n) is 4.38. The Bertz CT molecular complexity index is 1750. The van der Waals surface area contributed by atoms with Crippen molar-refractivity contribution in [1.82, 2.24) is 9.97 Å². The summed E-state index contributed by atoms with van der Waals surface area (Å²) < 4.78 is 2.18. The van der Waals surface area contributed by atoms with E-state index in [1.165, 1.54) is 4.90 Å². The lowest BCUT2D eigenvalue weighted by Gasteiger charge is -2.14. The summed E-state index contributed by atoms with van der Waals surface area (Å²) in [5, 5.41) is 1.67. The van der Waals surface area contributed by atoms with Gasteiger partial charge in [0.2, 0.25) is 0 Å². The average molecular weight is 490 g/mol. The van der Waals surface area contributed by atoms with Gasteiger partial charge in [0.25, 0.3) is 11.8 Å². The summed E-state index contributed by atoms with van der Waals surface area (Å²) >= 11 is 3.16. The van der Waals surface area contributed by atoms with Crippen LogP contribution in [-0.4, -0.2) is 21.8 Å². The van der Waals surface area contributed by atoms with E-state index in [0.717, 1.165) is 41.6 Å². The van der Waals surface area contributed by atoms with Crippen LogP contribution in [0.15, 0.2) is 91.0 Å². The standard InChI is InChI=1S/C28H15N3O2S2/c32-27-19-13-12-17(26-30-22-9-2-4-11-24(22)35-26)15-20(19)28(33)31(27)18-7-5-6-16(14-18)25-29-21-8-1-3-10-23(21)34-25/h1-15H. The maximum Gasteiger partial charge on any atom is 0.266 e. The zero-order chi connectivity index (χ0) is 23.5. The first-order valence-corrected chi connectivity index (χ1v) is 12.6. The van der Waals surface area contributed by atoms with Crippen LogP contribution in [0.5, 0.6) is 0 Å². The van der Waals surface area contributed by atoms with Crippen molar-refractivity contribution in [2.45, 2.75) is 0 Å². The highest BCUT2D eigenvalue weighted by Gasteiger charge is 2.37. The van der Waals surface area contributed by atoms with Gasteiger partial charge < -0.3 is 0 Å². The van der Waals surface area contributed by atoms with Gasteiger partial charge in [-0.1, -0.05) is 42.5 Å². The number of carbonyl (C=O) groups excluding carboxylic acids is 2. The van der Waals surface area contributed by atoms with E-state index in [-0.39, 0.29) is 11.8 Å². The molecular formula is C28H15N3O2S2. The first kappa shape index (κ1) is 20.2. The Morgan fingerprint density at radius 1 is 0.571 bits per heavy atom. The molecule has 2 amide bonds. The monoisotopic (exact) mass is 489 g/mol. The maximum absolute atomic E-state index is 13.4. The minimum atomic E-state index is -0.325. The van der Waals surface area contributed by atoms with Crippen LogP contribution in [0.2, 0.25) is 0 Å². The minimum Gasteiger partial charge on any atom is -0.268 e. The Labute approximate surface area is 207 Å². The van der Waals surface area contributed by atoms with Crippen molar-refractivity contribution in [2.75, 3.05) is 4.90 Å². The molecule has 1 aliphatic heterocycles. The molecule has 35 heavy (non-hydrogen) atoms. The third kappa shape index (κ3) is 3.20. The Morgan fingerprint density at radius 2 is 1.17 bits per heavy atom. The fourth-order valence-corrected chi connectivity index (χ4v) is 6.30. The van der Waals surface area contributed by atoms with Gasteiger partial charge in [-0.25, -0.2) is 14.9 Å². The van der Waals surface area contributed by atoms with E-state index < -0.39 is 0 Å².